The molecule has 0 spiro atoms. The molecular formula is C13H17NO3. The van der Waals surface area contributed by atoms with Crippen LogP contribution in [0, 0.1) is 0 Å². The fourth-order valence-corrected chi connectivity index (χ4v) is 1.99. The third-order valence-electron chi connectivity index (χ3n) is 3.09. The summed E-state index contributed by atoms with van der Waals surface area (Å²) >= 11 is 0. The molecule has 2 rings (SSSR count). The van der Waals surface area contributed by atoms with E-state index in [-0.39, 0.29) is 12.0 Å². The summed E-state index contributed by atoms with van der Waals surface area (Å²) in [4.78, 5) is 13.9. The van der Waals surface area contributed by atoms with Gasteiger partial charge in [0.05, 0.1) is 13.2 Å². The number of methoxy groups -OCH3 is 1. The van der Waals surface area contributed by atoms with Gasteiger partial charge in [0.15, 0.2) is 0 Å². The van der Waals surface area contributed by atoms with Gasteiger partial charge in [-0.3, -0.25) is 4.79 Å². The molecule has 4 nitrogen and oxygen atoms in total. The molecule has 0 atom stereocenters. The maximum Gasteiger partial charge on any atom is 0.253 e. The predicted octanol–water partition coefficient (Wildman–Crippen LogP) is 1.29. The van der Waals surface area contributed by atoms with Gasteiger partial charge in [-0.2, -0.15) is 0 Å². The van der Waals surface area contributed by atoms with Crippen molar-refractivity contribution < 1.29 is 14.6 Å². The first kappa shape index (κ1) is 11.9. The molecule has 92 valence electrons. The van der Waals surface area contributed by atoms with Gasteiger partial charge in [0.25, 0.3) is 5.91 Å². The van der Waals surface area contributed by atoms with Crippen LogP contribution in [0.5, 0.6) is 5.75 Å². The number of amides is 1. The minimum atomic E-state index is -0.255. The van der Waals surface area contributed by atoms with Crippen molar-refractivity contribution in [3.05, 3.63) is 29.8 Å². The van der Waals surface area contributed by atoms with Gasteiger partial charge in [0.1, 0.15) is 5.75 Å². The van der Waals surface area contributed by atoms with Crippen molar-refractivity contribution >= 4 is 5.91 Å². The summed E-state index contributed by atoms with van der Waals surface area (Å²) in [6, 6.07) is 7.11. The lowest BCUT2D eigenvalue weighted by Crippen LogP contribution is -2.40. The lowest BCUT2D eigenvalue weighted by atomic mass is 10.1. The normalized spacial score (nSPS) is 16.9. The second-order valence-corrected chi connectivity index (χ2v) is 4.25. The van der Waals surface area contributed by atoms with Crippen LogP contribution in [-0.2, 0) is 0 Å². The van der Waals surface area contributed by atoms with Crippen molar-refractivity contribution in [3.63, 3.8) is 0 Å². The van der Waals surface area contributed by atoms with Crippen LogP contribution in [0.3, 0.4) is 0 Å². The Balaban J connectivity index is 2.03. The lowest BCUT2D eigenvalue weighted by Gasteiger charge is -2.29. The first-order valence-corrected chi connectivity index (χ1v) is 5.82. The number of hydrogen-bond donors (Lipinski definition) is 1. The molecular weight excluding hydrogens is 218 g/mol. The SMILES string of the molecule is COc1ccc(C(=O)N2CCC(O)CC2)cc1. The molecule has 0 bridgehead atoms. The molecule has 1 saturated heterocycles. The third-order valence-corrected chi connectivity index (χ3v) is 3.09. The Morgan fingerprint density at radius 2 is 1.88 bits per heavy atom. The molecule has 1 aliphatic rings. The Hall–Kier alpha value is -1.55. The molecule has 0 radical (unpaired) electrons. The van der Waals surface area contributed by atoms with E-state index in [1.54, 1.807) is 36.3 Å². The fourth-order valence-electron chi connectivity index (χ4n) is 1.99. The minimum Gasteiger partial charge on any atom is -0.497 e. The zero-order valence-corrected chi connectivity index (χ0v) is 9.93. The highest BCUT2D eigenvalue weighted by atomic mass is 16.5. The Bertz CT molecular complexity index is 380. The van der Waals surface area contributed by atoms with E-state index in [1.165, 1.54) is 0 Å². The topological polar surface area (TPSA) is 49.8 Å². The van der Waals surface area contributed by atoms with E-state index in [4.69, 9.17) is 4.74 Å². The van der Waals surface area contributed by atoms with Crippen molar-refractivity contribution in [2.75, 3.05) is 20.2 Å². The Morgan fingerprint density at radius 3 is 2.41 bits per heavy atom. The molecule has 17 heavy (non-hydrogen) atoms. The van der Waals surface area contributed by atoms with Gasteiger partial charge >= 0.3 is 0 Å². The van der Waals surface area contributed by atoms with Gasteiger partial charge in [-0.05, 0) is 37.1 Å². The zero-order valence-electron chi connectivity index (χ0n) is 9.93. The second kappa shape index (κ2) is 5.19. The molecule has 4 heteroatoms. The number of hydrogen-bond acceptors (Lipinski definition) is 3. The van der Waals surface area contributed by atoms with Crippen LogP contribution in [0.4, 0.5) is 0 Å². The van der Waals surface area contributed by atoms with Gasteiger partial charge in [-0.1, -0.05) is 0 Å². The number of carbonyl (C=O) groups excluding carboxylic acids is 1. The first-order chi connectivity index (χ1) is 8.20. The van der Waals surface area contributed by atoms with Gasteiger partial charge in [-0.15, -0.1) is 0 Å². The van der Waals surface area contributed by atoms with E-state index in [9.17, 15) is 9.90 Å². The van der Waals surface area contributed by atoms with Gasteiger partial charge in [0, 0.05) is 18.7 Å². The van der Waals surface area contributed by atoms with Crippen LogP contribution >= 0.6 is 0 Å². The molecule has 0 aliphatic carbocycles. The highest BCUT2D eigenvalue weighted by molar-refractivity contribution is 5.94. The number of aliphatic hydroxyl groups is 1. The van der Waals surface area contributed by atoms with Crippen LogP contribution < -0.4 is 4.74 Å². The monoisotopic (exact) mass is 235 g/mol. The van der Waals surface area contributed by atoms with Crippen LogP contribution in [0.2, 0.25) is 0 Å². The molecule has 0 saturated carbocycles. The zero-order chi connectivity index (χ0) is 12.3. The van der Waals surface area contributed by atoms with Crippen LogP contribution in [0.1, 0.15) is 23.2 Å². The summed E-state index contributed by atoms with van der Waals surface area (Å²) in [5, 5.41) is 9.39. The van der Waals surface area contributed by atoms with Crippen molar-refractivity contribution in [2.24, 2.45) is 0 Å². The molecule has 1 fully saturated rings. The van der Waals surface area contributed by atoms with E-state index < -0.39 is 0 Å². The number of carbonyl (C=O) groups is 1. The third kappa shape index (κ3) is 2.77. The second-order valence-electron chi connectivity index (χ2n) is 4.25. The number of nitrogens with zero attached hydrogens (tertiary/aromatic N) is 1. The Labute approximate surface area is 101 Å². The van der Waals surface area contributed by atoms with Gasteiger partial charge < -0.3 is 14.7 Å². The maximum absolute atomic E-state index is 12.1. The highest BCUT2D eigenvalue weighted by Crippen LogP contribution is 2.16. The Morgan fingerprint density at radius 1 is 1.29 bits per heavy atom. The summed E-state index contributed by atoms with van der Waals surface area (Å²) in [5.41, 5.74) is 0.669. The van der Waals surface area contributed by atoms with Crippen molar-refractivity contribution in [1.82, 2.24) is 4.90 Å². The molecule has 1 aromatic rings. The number of aliphatic hydroxyl groups excluding tert-OH is 1. The molecule has 0 unspecified atom stereocenters. The molecule has 0 aromatic heterocycles. The molecule has 1 N–H and O–H groups in total. The average molecular weight is 235 g/mol. The summed E-state index contributed by atoms with van der Waals surface area (Å²) in [5.74, 6) is 0.773. The van der Waals surface area contributed by atoms with Crippen LogP contribution in [0.15, 0.2) is 24.3 Å². The standard InChI is InChI=1S/C13H17NO3/c1-17-12-4-2-10(3-5-12)13(16)14-8-6-11(15)7-9-14/h2-5,11,15H,6-9H2,1H3. The van der Waals surface area contributed by atoms with Crippen molar-refractivity contribution in [1.29, 1.82) is 0 Å². The number of benzene rings is 1. The molecule has 1 heterocycles. The molecule has 1 aromatic carbocycles. The van der Waals surface area contributed by atoms with E-state index in [0.717, 1.165) is 5.75 Å². The number of ether oxygens (including phenoxy) is 1. The van der Waals surface area contributed by atoms with E-state index in [0.29, 0.717) is 31.5 Å². The number of rotatable bonds is 2. The summed E-state index contributed by atoms with van der Waals surface area (Å²) in [6.07, 6.45) is 1.08. The van der Waals surface area contributed by atoms with Crippen LogP contribution in [-0.4, -0.2) is 42.2 Å². The summed E-state index contributed by atoms with van der Waals surface area (Å²) in [6.45, 7) is 1.26. The van der Waals surface area contributed by atoms with E-state index >= 15 is 0 Å². The maximum atomic E-state index is 12.1. The minimum absolute atomic E-state index is 0.0274. The quantitative estimate of drug-likeness (QED) is 0.840. The predicted molar refractivity (Wildman–Crippen MR) is 64.1 cm³/mol. The lowest BCUT2D eigenvalue weighted by molar-refractivity contribution is 0.0546. The fraction of sp³-hybridized carbons (Fsp3) is 0.462. The average Bonchev–Trinajstić information content (AvgIpc) is 2.39. The van der Waals surface area contributed by atoms with Crippen LogP contribution in [0.25, 0.3) is 0 Å². The number of piperidine rings is 1. The highest BCUT2D eigenvalue weighted by Gasteiger charge is 2.22. The Kier molecular flexibility index (Phi) is 3.64. The van der Waals surface area contributed by atoms with E-state index in [1.807, 2.05) is 0 Å². The van der Waals surface area contributed by atoms with Gasteiger partial charge in [0.2, 0.25) is 0 Å². The largest absolute Gasteiger partial charge is 0.497 e. The molecule has 1 aliphatic heterocycles. The molecule has 1 amide bonds. The smallest absolute Gasteiger partial charge is 0.253 e. The van der Waals surface area contributed by atoms with Crippen molar-refractivity contribution in [3.8, 4) is 5.75 Å². The summed E-state index contributed by atoms with van der Waals surface area (Å²) < 4.78 is 5.05. The summed E-state index contributed by atoms with van der Waals surface area (Å²) in [7, 11) is 1.60. The first-order valence-electron chi connectivity index (χ1n) is 5.82. The van der Waals surface area contributed by atoms with Crippen molar-refractivity contribution in [2.45, 2.75) is 18.9 Å². The number of likely N-dealkylation sites (tertiary alicyclic amines) is 1. The van der Waals surface area contributed by atoms with Gasteiger partial charge in [-0.25, -0.2) is 0 Å². The van der Waals surface area contributed by atoms with E-state index in [2.05, 4.69) is 0 Å².